The van der Waals surface area contributed by atoms with Crippen LogP contribution in [-0.4, -0.2) is 46.5 Å². The topological polar surface area (TPSA) is 73.1 Å². The van der Waals surface area contributed by atoms with Crippen molar-refractivity contribution in [1.29, 1.82) is 5.26 Å². The maximum absolute atomic E-state index is 12.2. The molecule has 0 spiro atoms. The van der Waals surface area contributed by atoms with Crippen molar-refractivity contribution in [2.45, 2.75) is 25.8 Å². The van der Waals surface area contributed by atoms with Crippen LogP contribution in [0.15, 0.2) is 55.4 Å². The molecule has 1 saturated heterocycles. The lowest BCUT2D eigenvalue weighted by molar-refractivity contribution is -0.128. The molecule has 162 valence electrons. The SMILES string of the molecule is C=CC(=O)N1CCN(c2ncnc3cc(-c4ccccc4CC)c(Cl)cc23)CC1CC#N. The van der Waals surface area contributed by atoms with Crippen LogP contribution in [-0.2, 0) is 11.2 Å². The molecule has 7 heteroatoms. The molecule has 0 radical (unpaired) electrons. The predicted octanol–water partition coefficient (Wildman–Crippen LogP) is 4.63. The van der Waals surface area contributed by atoms with E-state index >= 15 is 0 Å². The maximum atomic E-state index is 12.2. The average molecular weight is 446 g/mol. The summed E-state index contributed by atoms with van der Waals surface area (Å²) in [7, 11) is 0. The first-order chi connectivity index (χ1) is 15.6. The molecule has 3 aromatic rings. The van der Waals surface area contributed by atoms with E-state index in [4.69, 9.17) is 11.6 Å². The molecule has 1 fully saturated rings. The summed E-state index contributed by atoms with van der Waals surface area (Å²) in [6.45, 7) is 7.32. The molecule has 2 heterocycles. The van der Waals surface area contributed by atoms with Gasteiger partial charge in [0.15, 0.2) is 0 Å². The van der Waals surface area contributed by atoms with Crippen molar-refractivity contribution in [3.8, 4) is 17.2 Å². The van der Waals surface area contributed by atoms with E-state index in [1.807, 2.05) is 24.3 Å². The van der Waals surface area contributed by atoms with E-state index in [0.29, 0.717) is 24.7 Å². The van der Waals surface area contributed by atoms with Crippen LogP contribution < -0.4 is 4.90 Å². The van der Waals surface area contributed by atoms with Crippen molar-refractivity contribution in [3.05, 3.63) is 66.0 Å². The number of amides is 1. The van der Waals surface area contributed by atoms with E-state index < -0.39 is 0 Å². The van der Waals surface area contributed by atoms with Gasteiger partial charge in [0.1, 0.15) is 12.1 Å². The highest BCUT2D eigenvalue weighted by Crippen LogP contribution is 2.36. The summed E-state index contributed by atoms with van der Waals surface area (Å²) in [5, 5.41) is 10.8. The summed E-state index contributed by atoms with van der Waals surface area (Å²) < 4.78 is 0. The van der Waals surface area contributed by atoms with Crippen LogP contribution in [0.4, 0.5) is 5.82 Å². The van der Waals surface area contributed by atoms with Crippen LogP contribution in [0.5, 0.6) is 0 Å². The van der Waals surface area contributed by atoms with E-state index in [2.05, 4.69) is 46.6 Å². The second-order valence-electron chi connectivity index (χ2n) is 7.76. The zero-order chi connectivity index (χ0) is 22.7. The Hall–Kier alpha value is -3.43. The van der Waals surface area contributed by atoms with Crippen LogP contribution in [0.3, 0.4) is 0 Å². The number of aryl methyl sites for hydroxylation is 1. The fraction of sp³-hybridized carbons (Fsp3) is 0.280. The molecule has 0 N–H and O–H groups in total. The van der Waals surface area contributed by atoms with Gasteiger partial charge in [0.05, 0.1) is 24.0 Å². The number of aromatic nitrogens is 2. The zero-order valence-corrected chi connectivity index (χ0v) is 18.7. The van der Waals surface area contributed by atoms with Crippen molar-refractivity contribution in [2.24, 2.45) is 0 Å². The number of hydrogen-bond acceptors (Lipinski definition) is 5. The molecule has 0 bridgehead atoms. The Kier molecular flexibility index (Phi) is 6.38. The molecule has 6 nitrogen and oxygen atoms in total. The zero-order valence-electron chi connectivity index (χ0n) is 18.0. The molecule has 0 saturated carbocycles. The van der Waals surface area contributed by atoms with Gasteiger partial charge in [-0.25, -0.2) is 9.97 Å². The van der Waals surface area contributed by atoms with Crippen molar-refractivity contribution < 1.29 is 4.79 Å². The fourth-order valence-electron chi connectivity index (χ4n) is 4.35. The van der Waals surface area contributed by atoms with Crippen molar-refractivity contribution >= 4 is 34.2 Å². The number of hydrogen-bond donors (Lipinski definition) is 0. The van der Waals surface area contributed by atoms with Gasteiger partial charge in [-0.15, -0.1) is 0 Å². The molecule has 1 amide bonds. The third kappa shape index (κ3) is 4.04. The molecule has 1 aliphatic heterocycles. The van der Waals surface area contributed by atoms with Gasteiger partial charge < -0.3 is 9.80 Å². The Bertz CT molecular complexity index is 1220. The summed E-state index contributed by atoms with van der Waals surface area (Å²) in [5.41, 5.74) is 4.09. The standard InChI is InChI=1S/C25H24ClN5O/c1-3-17-7-5-6-8-19(17)20-14-23-21(13-22(20)26)25(29-16-28-23)30-11-12-31(24(32)4-2)18(15-30)9-10-27/h4-8,13-14,16,18H,2-3,9,11-12,15H2,1H3. The van der Waals surface area contributed by atoms with Gasteiger partial charge in [0, 0.05) is 35.6 Å². The Balaban J connectivity index is 1.73. The van der Waals surface area contributed by atoms with Gasteiger partial charge in [0.2, 0.25) is 5.91 Å². The van der Waals surface area contributed by atoms with Crippen LogP contribution in [0.2, 0.25) is 5.02 Å². The lowest BCUT2D eigenvalue weighted by atomic mass is 9.97. The monoisotopic (exact) mass is 445 g/mol. The van der Waals surface area contributed by atoms with E-state index in [1.54, 1.807) is 11.2 Å². The minimum absolute atomic E-state index is 0.153. The highest BCUT2D eigenvalue weighted by molar-refractivity contribution is 6.34. The van der Waals surface area contributed by atoms with Crippen molar-refractivity contribution in [3.63, 3.8) is 0 Å². The normalized spacial score (nSPS) is 16.1. The first-order valence-corrected chi connectivity index (χ1v) is 11.0. The number of anilines is 1. The third-order valence-corrected chi connectivity index (χ3v) is 6.27. The number of piperazine rings is 1. The van der Waals surface area contributed by atoms with Gasteiger partial charge in [-0.05, 0) is 35.8 Å². The van der Waals surface area contributed by atoms with Crippen LogP contribution >= 0.6 is 11.6 Å². The summed E-state index contributed by atoms with van der Waals surface area (Å²) in [6, 6.07) is 14.1. The lowest BCUT2D eigenvalue weighted by Crippen LogP contribution is -2.55. The molecule has 2 aromatic carbocycles. The Labute approximate surface area is 192 Å². The summed E-state index contributed by atoms with van der Waals surface area (Å²) >= 11 is 6.76. The number of nitrogens with zero attached hydrogens (tertiary/aromatic N) is 5. The summed E-state index contributed by atoms with van der Waals surface area (Å²) in [4.78, 5) is 25.1. The minimum Gasteiger partial charge on any atom is -0.352 e. The van der Waals surface area contributed by atoms with Crippen LogP contribution in [0.1, 0.15) is 18.9 Å². The number of nitriles is 1. The summed E-state index contributed by atoms with van der Waals surface area (Å²) in [5.74, 6) is 0.612. The largest absolute Gasteiger partial charge is 0.352 e. The number of halogens is 1. The van der Waals surface area contributed by atoms with Gasteiger partial charge in [-0.1, -0.05) is 49.4 Å². The predicted molar refractivity (Wildman–Crippen MR) is 128 cm³/mol. The molecule has 0 aliphatic carbocycles. The summed E-state index contributed by atoms with van der Waals surface area (Å²) in [6.07, 6.45) is 4.02. The Morgan fingerprint density at radius 1 is 1.28 bits per heavy atom. The Morgan fingerprint density at radius 2 is 2.09 bits per heavy atom. The van der Waals surface area contributed by atoms with E-state index in [0.717, 1.165) is 34.3 Å². The molecule has 1 aromatic heterocycles. The molecule has 32 heavy (non-hydrogen) atoms. The van der Waals surface area contributed by atoms with Gasteiger partial charge in [-0.2, -0.15) is 5.26 Å². The molecule has 4 rings (SSSR count). The minimum atomic E-state index is -0.226. The number of benzene rings is 2. The van der Waals surface area contributed by atoms with E-state index in [9.17, 15) is 10.1 Å². The molecule has 1 atom stereocenters. The van der Waals surface area contributed by atoms with Crippen molar-refractivity contribution in [1.82, 2.24) is 14.9 Å². The molecular formula is C25H24ClN5O. The highest BCUT2D eigenvalue weighted by Gasteiger charge is 2.30. The van der Waals surface area contributed by atoms with Crippen LogP contribution in [0, 0.1) is 11.3 Å². The smallest absolute Gasteiger partial charge is 0.246 e. The first-order valence-electron chi connectivity index (χ1n) is 10.6. The number of carbonyl (C=O) groups excluding carboxylic acids is 1. The number of carbonyl (C=O) groups is 1. The van der Waals surface area contributed by atoms with Crippen molar-refractivity contribution in [2.75, 3.05) is 24.5 Å². The number of rotatable bonds is 5. The molecule has 1 aliphatic rings. The number of fused-ring (bicyclic) bond motifs is 1. The molecule has 1 unspecified atom stereocenters. The second kappa shape index (κ2) is 9.37. The maximum Gasteiger partial charge on any atom is 0.246 e. The van der Waals surface area contributed by atoms with Gasteiger partial charge in [0.25, 0.3) is 0 Å². The Morgan fingerprint density at radius 3 is 2.84 bits per heavy atom. The molecular weight excluding hydrogens is 422 g/mol. The van der Waals surface area contributed by atoms with Gasteiger partial charge >= 0.3 is 0 Å². The fourth-order valence-corrected chi connectivity index (χ4v) is 4.61. The van der Waals surface area contributed by atoms with E-state index in [1.165, 1.54) is 11.6 Å². The highest BCUT2D eigenvalue weighted by atomic mass is 35.5. The average Bonchev–Trinajstić information content (AvgIpc) is 2.83. The van der Waals surface area contributed by atoms with E-state index in [-0.39, 0.29) is 18.4 Å². The van der Waals surface area contributed by atoms with Crippen LogP contribution in [0.25, 0.3) is 22.0 Å². The quantitative estimate of drug-likeness (QED) is 0.535. The first kappa shape index (κ1) is 21.8. The second-order valence-corrected chi connectivity index (χ2v) is 8.16. The lowest BCUT2D eigenvalue weighted by Gasteiger charge is -2.41. The third-order valence-electron chi connectivity index (χ3n) is 5.96. The van der Waals surface area contributed by atoms with Gasteiger partial charge in [-0.3, -0.25) is 4.79 Å².